The number of nitrogens with one attached hydrogen (secondary N) is 1. The summed E-state index contributed by atoms with van der Waals surface area (Å²) in [4.78, 5) is 28.0. The highest BCUT2D eigenvalue weighted by Gasteiger charge is 2.15. The number of hydrogen-bond donors (Lipinski definition) is 1. The summed E-state index contributed by atoms with van der Waals surface area (Å²) < 4.78 is 6.45. The summed E-state index contributed by atoms with van der Waals surface area (Å²) in [5.74, 6) is -0.321. The van der Waals surface area contributed by atoms with Crippen LogP contribution in [-0.4, -0.2) is 40.3 Å². The van der Waals surface area contributed by atoms with Crippen LogP contribution in [0, 0.1) is 6.92 Å². The molecule has 0 unspecified atom stereocenters. The van der Waals surface area contributed by atoms with Crippen LogP contribution in [-0.2, 0) is 9.53 Å². The molecule has 7 heteroatoms. The van der Waals surface area contributed by atoms with Crippen LogP contribution >= 0.6 is 0 Å². The molecule has 0 aliphatic rings. The molecule has 1 N–H and O–H groups in total. The first-order valence-electron chi connectivity index (χ1n) is 8.64. The number of pyridine rings is 1. The zero-order valence-corrected chi connectivity index (χ0v) is 15.3. The lowest BCUT2D eigenvalue weighted by atomic mass is 10.1. The predicted molar refractivity (Wildman–Crippen MR) is 95.5 cm³/mol. The summed E-state index contributed by atoms with van der Waals surface area (Å²) >= 11 is 0. The van der Waals surface area contributed by atoms with E-state index in [1.54, 1.807) is 6.20 Å². The summed E-state index contributed by atoms with van der Waals surface area (Å²) in [6, 6.07) is 2.06. The number of esters is 1. The lowest BCUT2D eigenvalue weighted by Gasteiger charge is -2.10. The van der Waals surface area contributed by atoms with Crippen molar-refractivity contribution in [3.63, 3.8) is 0 Å². The normalized spacial score (nSPS) is 11.1. The molecule has 0 saturated carbocycles. The maximum absolute atomic E-state index is 12.4. The molecule has 136 valence electrons. The largest absolute Gasteiger partial charge is 0.469 e. The second-order valence-electron chi connectivity index (χ2n) is 6.36. The highest BCUT2D eigenvalue weighted by Crippen LogP contribution is 2.19. The molecule has 7 nitrogen and oxygen atoms in total. The molecule has 25 heavy (non-hydrogen) atoms. The Morgan fingerprint density at radius 1 is 1.28 bits per heavy atom. The Morgan fingerprint density at radius 2 is 2.04 bits per heavy atom. The number of amides is 1. The average molecular weight is 346 g/mol. The van der Waals surface area contributed by atoms with E-state index in [2.05, 4.69) is 20.1 Å². The van der Waals surface area contributed by atoms with Gasteiger partial charge in [-0.1, -0.05) is 6.42 Å². The van der Waals surface area contributed by atoms with Crippen molar-refractivity contribution >= 4 is 22.9 Å². The fourth-order valence-electron chi connectivity index (χ4n) is 2.64. The quantitative estimate of drug-likeness (QED) is 0.587. The Hall–Kier alpha value is -2.44. The fourth-order valence-corrected chi connectivity index (χ4v) is 2.64. The first kappa shape index (κ1) is 18.9. The number of rotatable bonds is 8. The summed E-state index contributed by atoms with van der Waals surface area (Å²) in [7, 11) is 1.39. The third-order valence-electron chi connectivity index (χ3n) is 4.06. The molecule has 2 aromatic rings. The van der Waals surface area contributed by atoms with Crippen molar-refractivity contribution in [1.82, 2.24) is 20.1 Å². The molecule has 0 saturated heterocycles. The van der Waals surface area contributed by atoms with Gasteiger partial charge in [0, 0.05) is 24.4 Å². The number of hydrogen-bond acceptors (Lipinski definition) is 5. The Kier molecular flexibility index (Phi) is 6.50. The van der Waals surface area contributed by atoms with Crippen LogP contribution < -0.4 is 5.32 Å². The number of carbonyl (C=O) groups is 2. The number of unbranched alkanes of at least 4 members (excludes halogenated alkanes) is 2. The van der Waals surface area contributed by atoms with Crippen LogP contribution in [0.2, 0.25) is 0 Å². The monoisotopic (exact) mass is 346 g/mol. The van der Waals surface area contributed by atoms with Crippen LogP contribution in [0.4, 0.5) is 0 Å². The van der Waals surface area contributed by atoms with Crippen LogP contribution in [0.5, 0.6) is 0 Å². The molecule has 0 bridgehead atoms. The number of aromatic nitrogens is 3. The first-order valence-corrected chi connectivity index (χ1v) is 8.64. The van der Waals surface area contributed by atoms with E-state index in [0.29, 0.717) is 24.2 Å². The highest BCUT2D eigenvalue weighted by atomic mass is 16.5. The first-order chi connectivity index (χ1) is 11.9. The van der Waals surface area contributed by atoms with E-state index in [4.69, 9.17) is 0 Å². The van der Waals surface area contributed by atoms with E-state index in [0.717, 1.165) is 30.3 Å². The van der Waals surface area contributed by atoms with Gasteiger partial charge in [0.15, 0.2) is 5.65 Å². The highest BCUT2D eigenvalue weighted by molar-refractivity contribution is 5.98. The Morgan fingerprint density at radius 3 is 2.72 bits per heavy atom. The van der Waals surface area contributed by atoms with Gasteiger partial charge in [0.2, 0.25) is 0 Å². The Balaban J connectivity index is 1.91. The van der Waals surface area contributed by atoms with Gasteiger partial charge < -0.3 is 10.1 Å². The van der Waals surface area contributed by atoms with Gasteiger partial charge in [0.1, 0.15) is 0 Å². The predicted octanol–water partition coefficient (Wildman–Crippen LogP) is 2.78. The van der Waals surface area contributed by atoms with Crippen molar-refractivity contribution in [1.29, 1.82) is 0 Å². The number of aryl methyl sites for hydroxylation is 1. The second-order valence-corrected chi connectivity index (χ2v) is 6.36. The van der Waals surface area contributed by atoms with Gasteiger partial charge in [-0.2, -0.15) is 5.10 Å². The van der Waals surface area contributed by atoms with Gasteiger partial charge in [-0.15, -0.1) is 0 Å². The number of nitrogens with zero attached hydrogens (tertiary/aromatic N) is 3. The Bertz CT molecular complexity index is 752. The molecule has 1 amide bonds. The van der Waals surface area contributed by atoms with Crippen molar-refractivity contribution in [3.8, 4) is 0 Å². The van der Waals surface area contributed by atoms with Gasteiger partial charge in [0.05, 0.1) is 24.6 Å². The lowest BCUT2D eigenvalue weighted by Crippen LogP contribution is -2.25. The molecule has 0 aliphatic carbocycles. The maximum Gasteiger partial charge on any atom is 0.305 e. The van der Waals surface area contributed by atoms with E-state index in [1.165, 1.54) is 7.11 Å². The van der Waals surface area contributed by atoms with Crippen molar-refractivity contribution in [2.75, 3.05) is 13.7 Å². The standard InChI is InChI=1S/C18H26N4O3/c1-12(2)22-17-14(11-20-22)10-15(13(3)21-17)18(24)19-9-7-5-6-8-16(23)25-4/h10-12H,5-9H2,1-4H3,(H,19,24). The molecule has 0 aliphatic heterocycles. The number of carbonyl (C=O) groups excluding carboxylic acids is 2. The average Bonchev–Trinajstić information content (AvgIpc) is 2.99. The lowest BCUT2D eigenvalue weighted by molar-refractivity contribution is -0.140. The van der Waals surface area contributed by atoms with Gasteiger partial charge >= 0.3 is 5.97 Å². The molecule has 2 aromatic heterocycles. The minimum atomic E-state index is -0.194. The summed E-state index contributed by atoms with van der Waals surface area (Å²) in [6.07, 6.45) is 4.62. The Labute approximate surface area is 147 Å². The minimum Gasteiger partial charge on any atom is -0.469 e. The molecule has 0 atom stereocenters. The molecule has 2 rings (SSSR count). The van der Waals surface area contributed by atoms with E-state index in [-0.39, 0.29) is 17.9 Å². The fraction of sp³-hybridized carbons (Fsp3) is 0.556. The molecule has 2 heterocycles. The van der Waals surface area contributed by atoms with E-state index in [9.17, 15) is 9.59 Å². The maximum atomic E-state index is 12.4. The third kappa shape index (κ3) is 4.78. The molecule has 0 spiro atoms. The van der Waals surface area contributed by atoms with Gasteiger partial charge in [0.25, 0.3) is 5.91 Å². The SMILES string of the molecule is COC(=O)CCCCCNC(=O)c1cc2cnn(C(C)C)c2nc1C. The van der Waals surface area contributed by atoms with Crippen molar-refractivity contribution in [3.05, 3.63) is 23.5 Å². The van der Waals surface area contributed by atoms with Crippen molar-refractivity contribution < 1.29 is 14.3 Å². The van der Waals surface area contributed by atoms with Gasteiger partial charge in [-0.05, 0) is 39.7 Å². The van der Waals surface area contributed by atoms with Crippen LogP contribution in [0.1, 0.15) is 61.6 Å². The van der Waals surface area contributed by atoms with Crippen LogP contribution in [0.3, 0.4) is 0 Å². The topological polar surface area (TPSA) is 86.1 Å². The van der Waals surface area contributed by atoms with Gasteiger partial charge in [-0.25, -0.2) is 9.67 Å². The van der Waals surface area contributed by atoms with E-state index < -0.39 is 0 Å². The molecule has 0 aromatic carbocycles. The minimum absolute atomic E-state index is 0.128. The van der Waals surface area contributed by atoms with E-state index in [1.807, 2.05) is 31.5 Å². The summed E-state index contributed by atoms with van der Waals surface area (Å²) in [6.45, 7) is 6.50. The molecular weight excluding hydrogens is 320 g/mol. The smallest absolute Gasteiger partial charge is 0.305 e. The zero-order valence-electron chi connectivity index (χ0n) is 15.3. The summed E-state index contributed by atoms with van der Waals surface area (Å²) in [5, 5.41) is 8.12. The third-order valence-corrected chi connectivity index (χ3v) is 4.06. The number of methoxy groups -OCH3 is 1. The summed E-state index contributed by atoms with van der Waals surface area (Å²) in [5.41, 5.74) is 2.07. The van der Waals surface area contributed by atoms with Crippen molar-refractivity contribution in [2.45, 2.75) is 52.5 Å². The van der Waals surface area contributed by atoms with Gasteiger partial charge in [-0.3, -0.25) is 9.59 Å². The number of fused-ring (bicyclic) bond motifs is 1. The zero-order chi connectivity index (χ0) is 18.4. The number of ether oxygens (including phenoxy) is 1. The second kappa shape index (κ2) is 8.60. The van der Waals surface area contributed by atoms with Crippen molar-refractivity contribution in [2.24, 2.45) is 0 Å². The van der Waals surface area contributed by atoms with Crippen LogP contribution in [0.15, 0.2) is 12.3 Å². The molecule has 0 fully saturated rings. The van der Waals surface area contributed by atoms with Crippen LogP contribution in [0.25, 0.3) is 11.0 Å². The van der Waals surface area contributed by atoms with E-state index >= 15 is 0 Å². The molecule has 0 radical (unpaired) electrons. The molecular formula is C18H26N4O3.